The zero-order chi connectivity index (χ0) is 20.2. The Morgan fingerprint density at radius 3 is 2.10 bits per heavy atom. The van der Waals surface area contributed by atoms with Gasteiger partial charge in [-0.2, -0.15) is 4.98 Å². The van der Waals surface area contributed by atoms with Crippen LogP contribution in [-0.2, 0) is 0 Å². The molecule has 3 aromatic rings. The first-order valence-corrected chi connectivity index (χ1v) is 10.1. The number of benzene rings is 2. The van der Waals surface area contributed by atoms with E-state index in [1.807, 2.05) is 27.1 Å². The molecule has 6 heteroatoms. The van der Waals surface area contributed by atoms with Gasteiger partial charge < -0.3 is 20.4 Å². The molecule has 4 rings (SSSR count). The third-order valence-electron chi connectivity index (χ3n) is 5.10. The Morgan fingerprint density at radius 1 is 0.828 bits per heavy atom. The topological polar surface area (TPSA) is 56.3 Å². The summed E-state index contributed by atoms with van der Waals surface area (Å²) in [5.74, 6) is 1.36. The molecule has 0 aliphatic carbocycles. The van der Waals surface area contributed by atoms with Crippen LogP contribution in [0.1, 0.15) is 18.5 Å². The second-order valence-electron chi connectivity index (χ2n) is 7.65. The summed E-state index contributed by atoms with van der Waals surface area (Å²) >= 11 is 0. The molecule has 1 aromatic heterocycles. The van der Waals surface area contributed by atoms with E-state index in [-0.39, 0.29) is 0 Å². The Labute approximate surface area is 172 Å². The Hall–Kier alpha value is -3.28. The quantitative estimate of drug-likeness (QED) is 0.624. The predicted octanol–water partition coefficient (Wildman–Crippen LogP) is 4.94. The highest BCUT2D eigenvalue weighted by atomic mass is 15.2. The molecule has 0 radical (unpaired) electrons. The van der Waals surface area contributed by atoms with Gasteiger partial charge in [0.2, 0.25) is 5.95 Å². The molecular weight excluding hydrogens is 360 g/mol. The van der Waals surface area contributed by atoms with Crippen LogP contribution in [0.4, 0.5) is 34.5 Å². The molecule has 0 atom stereocenters. The maximum Gasteiger partial charge on any atom is 0.229 e. The average Bonchev–Trinajstić information content (AvgIpc) is 3.23. The highest BCUT2D eigenvalue weighted by Crippen LogP contribution is 2.24. The van der Waals surface area contributed by atoms with Crippen LogP contribution < -0.4 is 20.4 Å². The first kappa shape index (κ1) is 19.1. The predicted molar refractivity (Wildman–Crippen MR) is 122 cm³/mol. The van der Waals surface area contributed by atoms with Gasteiger partial charge in [-0.1, -0.05) is 0 Å². The number of rotatable bonds is 6. The summed E-state index contributed by atoms with van der Waals surface area (Å²) < 4.78 is 0. The molecule has 0 bridgehead atoms. The van der Waals surface area contributed by atoms with Gasteiger partial charge in [-0.25, -0.2) is 4.98 Å². The molecule has 1 aliphatic heterocycles. The van der Waals surface area contributed by atoms with Crippen LogP contribution in [0.5, 0.6) is 0 Å². The second-order valence-corrected chi connectivity index (χ2v) is 7.65. The lowest BCUT2D eigenvalue weighted by molar-refractivity contribution is 0.949. The monoisotopic (exact) mass is 388 g/mol. The molecule has 1 aliphatic rings. The highest BCUT2D eigenvalue weighted by Gasteiger charge is 2.12. The van der Waals surface area contributed by atoms with Crippen LogP contribution in [0, 0.1) is 6.92 Å². The van der Waals surface area contributed by atoms with E-state index in [9.17, 15) is 0 Å². The molecule has 1 fully saturated rings. The number of hydrogen-bond acceptors (Lipinski definition) is 6. The fraction of sp³-hybridized carbons (Fsp3) is 0.304. The zero-order valence-electron chi connectivity index (χ0n) is 17.3. The number of anilines is 6. The lowest BCUT2D eigenvalue weighted by Gasteiger charge is -2.18. The molecule has 0 saturated carbocycles. The van der Waals surface area contributed by atoms with E-state index < -0.39 is 0 Å². The molecule has 6 nitrogen and oxygen atoms in total. The van der Waals surface area contributed by atoms with Crippen molar-refractivity contribution in [3.63, 3.8) is 0 Å². The number of hydrogen-bond donors (Lipinski definition) is 2. The number of nitrogens with zero attached hydrogens (tertiary/aromatic N) is 4. The molecule has 150 valence electrons. The van der Waals surface area contributed by atoms with Gasteiger partial charge in [0.05, 0.1) is 0 Å². The van der Waals surface area contributed by atoms with Crippen molar-refractivity contribution in [2.24, 2.45) is 0 Å². The Kier molecular flexibility index (Phi) is 5.51. The lowest BCUT2D eigenvalue weighted by Crippen LogP contribution is -2.17. The maximum atomic E-state index is 4.63. The fourth-order valence-electron chi connectivity index (χ4n) is 3.54. The van der Waals surface area contributed by atoms with Crippen molar-refractivity contribution in [3.05, 3.63) is 60.3 Å². The summed E-state index contributed by atoms with van der Waals surface area (Å²) in [6.07, 6.45) is 2.57. The SMILES string of the molecule is Cc1cc(Nc2ccc(N(C)C)cc2)nc(Nc2ccc(N3CCCC3)cc2)n1. The zero-order valence-corrected chi connectivity index (χ0v) is 17.3. The van der Waals surface area contributed by atoms with E-state index >= 15 is 0 Å². The molecule has 0 unspecified atom stereocenters. The van der Waals surface area contributed by atoms with E-state index in [4.69, 9.17) is 0 Å². The summed E-state index contributed by atoms with van der Waals surface area (Å²) in [5.41, 5.74) is 5.33. The first-order chi connectivity index (χ1) is 14.1. The molecule has 1 saturated heterocycles. The van der Waals surface area contributed by atoms with Gasteiger partial charge in [0, 0.05) is 61.7 Å². The highest BCUT2D eigenvalue weighted by molar-refractivity contribution is 5.64. The third kappa shape index (κ3) is 4.77. The molecule has 2 heterocycles. The van der Waals surface area contributed by atoms with E-state index in [1.165, 1.54) is 18.5 Å². The second kappa shape index (κ2) is 8.39. The molecule has 0 spiro atoms. The lowest BCUT2D eigenvalue weighted by atomic mass is 10.2. The first-order valence-electron chi connectivity index (χ1n) is 10.1. The number of aryl methyl sites for hydroxylation is 1. The van der Waals surface area contributed by atoms with Crippen molar-refractivity contribution in [2.45, 2.75) is 19.8 Å². The summed E-state index contributed by atoms with van der Waals surface area (Å²) in [7, 11) is 4.07. The van der Waals surface area contributed by atoms with Crippen LogP contribution in [0.2, 0.25) is 0 Å². The fourth-order valence-corrected chi connectivity index (χ4v) is 3.54. The summed E-state index contributed by atoms with van der Waals surface area (Å²) in [6, 6.07) is 18.7. The van der Waals surface area contributed by atoms with Crippen LogP contribution in [0.3, 0.4) is 0 Å². The van der Waals surface area contributed by atoms with E-state index in [0.29, 0.717) is 5.95 Å². The van der Waals surface area contributed by atoms with Crippen molar-refractivity contribution in [3.8, 4) is 0 Å². The van der Waals surface area contributed by atoms with Gasteiger partial charge in [-0.3, -0.25) is 0 Å². The van der Waals surface area contributed by atoms with Crippen LogP contribution in [-0.4, -0.2) is 37.2 Å². The minimum atomic E-state index is 0.589. The standard InChI is InChI=1S/C23H28N6/c1-17-16-22(25-18-6-10-20(11-7-18)28(2)3)27-23(24-17)26-19-8-12-21(13-9-19)29-14-4-5-15-29/h6-13,16H,4-5,14-15H2,1-3H3,(H2,24,25,26,27). The summed E-state index contributed by atoms with van der Waals surface area (Å²) in [4.78, 5) is 13.7. The van der Waals surface area contributed by atoms with Crippen molar-refractivity contribution >= 4 is 34.5 Å². The minimum absolute atomic E-state index is 0.589. The Bertz CT molecular complexity index is 944. The van der Waals surface area contributed by atoms with Crippen molar-refractivity contribution < 1.29 is 0 Å². The average molecular weight is 389 g/mol. The molecule has 0 amide bonds. The van der Waals surface area contributed by atoms with E-state index in [0.717, 1.165) is 41.7 Å². The smallest absolute Gasteiger partial charge is 0.229 e. The maximum absolute atomic E-state index is 4.63. The minimum Gasteiger partial charge on any atom is -0.378 e. The Balaban J connectivity index is 1.46. The third-order valence-corrected chi connectivity index (χ3v) is 5.10. The van der Waals surface area contributed by atoms with Gasteiger partial charge >= 0.3 is 0 Å². The van der Waals surface area contributed by atoms with Crippen molar-refractivity contribution in [1.29, 1.82) is 0 Å². The summed E-state index contributed by atoms with van der Waals surface area (Å²) in [5, 5.41) is 6.69. The molecule has 29 heavy (non-hydrogen) atoms. The molecule has 2 N–H and O–H groups in total. The number of nitrogens with one attached hydrogen (secondary N) is 2. The van der Waals surface area contributed by atoms with Gasteiger partial charge in [0.1, 0.15) is 5.82 Å². The van der Waals surface area contributed by atoms with Gasteiger partial charge in [0.25, 0.3) is 0 Å². The van der Waals surface area contributed by atoms with Crippen LogP contribution in [0.25, 0.3) is 0 Å². The van der Waals surface area contributed by atoms with E-state index in [1.54, 1.807) is 0 Å². The number of aromatic nitrogens is 2. The van der Waals surface area contributed by atoms with Crippen LogP contribution >= 0.6 is 0 Å². The van der Waals surface area contributed by atoms with Crippen molar-refractivity contribution in [2.75, 3.05) is 47.6 Å². The summed E-state index contributed by atoms with van der Waals surface area (Å²) in [6.45, 7) is 4.28. The van der Waals surface area contributed by atoms with Gasteiger partial charge in [0.15, 0.2) is 0 Å². The Morgan fingerprint density at radius 2 is 1.45 bits per heavy atom. The largest absolute Gasteiger partial charge is 0.378 e. The van der Waals surface area contributed by atoms with Crippen LogP contribution in [0.15, 0.2) is 54.6 Å². The molecule has 2 aromatic carbocycles. The normalized spacial score (nSPS) is 13.4. The van der Waals surface area contributed by atoms with Crippen molar-refractivity contribution in [1.82, 2.24) is 9.97 Å². The molecular formula is C23H28N6. The van der Waals surface area contributed by atoms with Gasteiger partial charge in [-0.05, 0) is 68.3 Å². The van der Waals surface area contributed by atoms with Gasteiger partial charge in [-0.15, -0.1) is 0 Å². The van der Waals surface area contributed by atoms with E-state index in [2.05, 4.69) is 78.9 Å².